The van der Waals surface area contributed by atoms with Gasteiger partial charge in [-0.3, -0.25) is 0 Å². The molecular formula is C10H11F3S2. The first-order valence-corrected chi connectivity index (χ1v) is 6.52. The second-order valence-corrected chi connectivity index (χ2v) is 5.26. The Morgan fingerprint density at radius 1 is 1.00 bits per heavy atom. The van der Waals surface area contributed by atoms with Crippen molar-refractivity contribution in [3.63, 3.8) is 0 Å². The van der Waals surface area contributed by atoms with Gasteiger partial charge in [-0.2, -0.15) is 0 Å². The van der Waals surface area contributed by atoms with Crippen molar-refractivity contribution < 1.29 is 13.2 Å². The van der Waals surface area contributed by atoms with E-state index in [2.05, 4.69) is 0 Å². The maximum Gasteiger partial charge on any atom is 0.176 e. The van der Waals surface area contributed by atoms with Gasteiger partial charge in [0, 0.05) is 4.90 Å². The minimum absolute atomic E-state index is 0.0351. The average molecular weight is 252 g/mol. The molecule has 1 aromatic carbocycles. The van der Waals surface area contributed by atoms with Gasteiger partial charge < -0.3 is 0 Å². The number of halogens is 3. The summed E-state index contributed by atoms with van der Waals surface area (Å²) in [6.45, 7) is 3.56. The minimum Gasteiger partial charge on any atom is -0.206 e. The molecule has 0 aliphatic rings. The standard InChI is InChI=1S/C10H11F3S2/c1-3-14-7-5-6(11)10(15-4-2)9(13)8(7)12/h5H,3-4H2,1-2H3. The topological polar surface area (TPSA) is 0 Å². The lowest BCUT2D eigenvalue weighted by Crippen LogP contribution is -1.96. The molecule has 0 bridgehead atoms. The summed E-state index contributed by atoms with van der Waals surface area (Å²) in [4.78, 5) is -0.191. The Morgan fingerprint density at radius 3 is 2.13 bits per heavy atom. The number of thioether (sulfide) groups is 2. The van der Waals surface area contributed by atoms with E-state index >= 15 is 0 Å². The number of rotatable bonds is 4. The highest BCUT2D eigenvalue weighted by Crippen LogP contribution is 2.32. The van der Waals surface area contributed by atoms with Gasteiger partial charge in [0.1, 0.15) is 5.82 Å². The van der Waals surface area contributed by atoms with Crippen molar-refractivity contribution >= 4 is 23.5 Å². The van der Waals surface area contributed by atoms with Crippen molar-refractivity contribution in [1.29, 1.82) is 0 Å². The van der Waals surface area contributed by atoms with E-state index in [0.29, 0.717) is 11.5 Å². The van der Waals surface area contributed by atoms with E-state index in [1.807, 2.05) is 0 Å². The molecule has 0 saturated heterocycles. The molecule has 0 saturated carbocycles. The number of hydrogen-bond donors (Lipinski definition) is 0. The van der Waals surface area contributed by atoms with Crippen LogP contribution in [0.5, 0.6) is 0 Å². The van der Waals surface area contributed by atoms with Crippen LogP contribution in [0.4, 0.5) is 13.2 Å². The molecule has 1 rings (SSSR count). The summed E-state index contributed by atoms with van der Waals surface area (Å²) in [5.41, 5.74) is 0. The molecule has 84 valence electrons. The molecule has 0 atom stereocenters. The Balaban J connectivity index is 3.18. The smallest absolute Gasteiger partial charge is 0.176 e. The molecule has 5 heteroatoms. The van der Waals surface area contributed by atoms with Gasteiger partial charge in [0.25, 0.3) is 0 Å². The van der Waals surface area contributed by atoms with Gasteiger partial charge in [-0.1, -0.05) is 13.8 Å². The summed E-state index contributed by atoms with van der Waals surface area (Å²) in [6.07, 6.45) is 0. The zero-order valence-corrected chi connectivity index (χ0v) is 10.1. The van der Waals surface area contributed by atoms with Crippen LogP contribution in [0.25, 0.3) is 0 Å². The number of benzene rings is 1. The molecule has 1 aromatic rings. The molecule has 0 nitrogen and oxygen atoms in total. The Bertz CT molecular complexity index is 353. The summed E-state index contributed by atoms with van der Waals surface area (Å²) in [5.74, 6) is -1.61. The highest BCUT2D eigenvalue weighted by atomic mass is 32.2. The van der Waals surface area contributed by atoms with Crippen molar-refractivity contribution in [2.75, 3.05) is 11.5 Å². The summed E-state index contributed by atoms with van der Waals surface area (Å²) in [5, 5.41) is 0. The minimum atomic E-state index is -1.07. The van der Waals surface area contributed by atoms with Crippen LogP contribution in [-0.4, -0.2) is 11.5 Å². The predicted molar refractivity (Wildman–Crippen MR) is 59.1 cm³/mol. The highest BCUT2D eigenvalue weighted by Gasteiger charge is 2.18. The molecule has 0 amide bonds. The maximum atomic E-state index is 13.4. The third kappa shape index (κ3) is 2.84. The normalized spacial score (nSPS) is 10.7. The molecule has 0 fully saturated rings. The van der Waals surface area contributed by atoms with Crippen molar-refractivity contribution in [3.8, 4) is 0 Å². The van der Waals surface area contributed by atoms with Crippen LogP contribution < -0.4 is 0 Å². The van der Waals surface area contributed by atoms with E-state index < -0.39 is 17.5 Å². The molecule has 0 unspecified atom stereocenters. The SMILES string of the molecule is CCSc1cc(F)c(SCC)c(F)c1F. The Labute approximate surface area is 95.6 Å². The van der Waals surface area contributed by atoms with Crippen LogP contribution in [0.15, 0.2) is 15.9 Å². The molecule has 0 spiro atoms. The van der Waals surface area contributed by atoms with E-state index in [1.54, 1.807) is 13.8 Å². The van der Waals surface area contributed by atoms with Crippen LogP contribution in [0.2, 0.25) is 0 Å². The summed E-state index contributed by atoms with van der Waals surface area (Å²) < 4.78 is 40.1. The van der Waals surface area contributed by atoms with Crippen LogP contribution >= 0.6 is 23.5 Å². The maximum absolute atomic E-state index is 13.4. The summed E-state index contributed by atoms with van der Waals surface area (Å²) in [7, 11) is 0. The lowest BCUT2D eigenvalue weighted by Gasteiger charge is -2.07. The third-order valence-corrected chi connectivity index (χ3v) is 3.52. The van der Waals surface area contributed by atoms with E-state index in [1.165, 1.54) is 0 Å². The van der Waals surface area contributed by atoms with Crippen LogP contribution in [-0.2, 0) is 0 Å². The molecule has 0 N–H and O–H groups in total. The van der Waals surface area contributed by atoms with E-state index in [9.17, 15) is 13.2 Å². The second-order valence-electron chi connectivity index (χ2n) is 2.68. The van der Waals surface area contributed by atoms with Gasteiger partial charge in [-0.15, -0.1) is 23.5 Å². The molecule has 15 heavy (non-hydrogen) atoms. The van der Waals surface area contributed by atoms with Crippen LogP contribution in [0, 0.1) is 17.5 Å². The van der Waals surface area contributed by atoms with Gasteiger partial charge in [0.2, 0.25) is 0 Å². The largest absolute Gasteiger partial charge is 0.206 e. The fraction of sp³-hybridized carbons (Fsp3) is 0.400. The molecule has 0 aliphatic carbocycles. The van der Waals surface area contributed by atoms with Gasteiger partial charge in [-0.05, 0) is 17.6 Å². The van der Waals surface area contributed by atoms with Crippen molar-refractivity contribution in [1.82, 2.24) is 0 Å². The van der Waals surface area contributed by atoms with E-state index in [4.69, 9.17) is 0 Å². The monoisotopic (exact) mass is 252 g/mol. The molecule has 0 aromatic heterocycles. The van der Waals surface area contributed by atoms with E-state index in [0.717, 1.165) is 29.6 Å². The lowest BCUT2D eigenvalue weighted by molar-refractivity contribution is 0.451. The fourth-order valence-electron chi connectivity index (χ4n) is 1.09. The lowest BCUT2D eigenvalue weighted by atomic mass is 10.3. The van der Waals surface area contributed by atoms with E-state index in [-0.39, 0.29) is 9.79 Å². The molecule has 0 heterocycles. The van der Waals surface area contributed by atoms with Gasteiger partial charge in [-0.25, -0.2) is 13.2 Å². The Kier molecular flexibility index (Phi) is 4.86. The van der Waals surface area contributed by atoms with Crippen molar-refractivity contribution in [3.05, 3.63) is 23.5 Å². The van der Waals surface area contributed by atoms with Gasteiger partial charge in [0.05, 0.1) is 4.90 Å². The van der Waals surface area contributed by atoms with Crippen LogP contribution in [0.3, 0.4) is 0 Å². The summed E-state index contributed by atoms with van der Waals surface area (Å²) >= 11 is 2.06. The van der Waals surface area contributed by atoms with Gasteiger partial charge in [0.15, 0.2) is 11.6 Å². The first kappa shape index (κ1) is 12.8. The van der Waals surface area contributed by atoms with Crippen molar-refractivity contribution in [2.45, 2.75) is 23.6 Å². The molecule has 0 aliphatic heterocycles. The summed E-state index contributed by atoms with van der Waals surface area (Å²) in [6, 6.07) is 1.06. The average Bonchev–Trinajstić information content (AvgIpc) is 2.21. The first-order valence-electron chi connectivity index (χ1n) is 4.54. The molecule has 0 radical (unpaired) electrons. The fourth-order valence-corrected chi connectivity index (χ4v) is 2.51. The van der Waals surface area contributed by atoms with Crippen LogP contribution in [0.1, 0.15) is 13.8 Å². The Hall–Kier alpha value is -0.290. The quantitative estimate of drug-likeness (QED) is 0.578. The first-order chi connectivity index (χ1) is 7.11. The van der Waals surface area contributed by atoms with Gasteiger partial charge >= 0.3 is 0 Å². The predicted octanol–water partition coefficient (Wildman–Crippen LogP) is 4.33. The second kappa shape index (κ2) is 5.70. The number of hydrogen-bond acceptors (Lipinski definition) is 2. The molecular weight excluding hydrogens is 241 g/mol. The van der Waals surface area contributed by atoms with Crippen molar-refractivity contribution in [2.24, 2.45) is 0 Å². The zero-order chi connectivity index (χ0) is 11.4. The Morgan fingerprint density at radius 2 is 1.60 bits per heavy atom. The third-order valence-electron chi connectivity index (χ3n) is 1.67. The highest BCUT2D eigenvalue weighted by molar-refractivity contribution is 7.99. The zero-order valence-electron chi connectivity index (χ0n) is 8.44.